The van der Waals surface area contributed by atoms with Gasteiger partial charge in [0.1, 0.15) is 0 Å². The van der Waals surface area contributed by atoms with Gasteiger partial charge in [-0.1, -0.05) is 0 Å². The van der Waals surface area contributed by atoms with E-state index in [1.165, 1.54) is 0 Å². The van der Waals surface area contributed by atoms with Crippen LogP contribution in [0.5, 0.6) is 0 Å². The molecule has 0 saturated carbocycles. The van der Waals surface area contributed by atoms with Crippen LogP contribution in [0.2, 0.25) is 0 Å². The van der Waals surface area contributed by atoms with Crippen LogP contribution in [0.25, 0.3) is 0 Å². The molecule has 0 amide bonds. The zero-order valence-electron chi connectivity index (χ0n) is 5.48. The van der Waals surface area contributed by atoms with Crippen LogP contribution in [0, 0.1) is 0 Å². The van der Waals surface area contributed by atoms with Gasteiger partial charge in [-0.3, -0.25) is 4.21 Å². The highest BCUT2D eigenvalue weighted by atomic mass is 32.8. The molecule has 0 N–H and O–H groups in total. The molecule has 0 rings (SSSR count). The summed E-state index contributed by atoms with van der Waals surface area (Å²) in [5.74, 6) is 0. The third kappa shape index (κ3) is 2.68. The van der Waals surface area contributed by atoms with Gasteiger partial charge < -0.3 is 4.55 Å². The lowest BCUT2D eigenvalue weighted by Gasteiger charge is -2.27. The van der Waals surface area contributed by atoms with Gasteiger partial charge in [0.15, 0.2) is 0 Å². The molecule has 13 heavy (non-hydrogen) atoms. The van der Waals surface area contributed by atoms with Gasteiger partial charge in [-0.25, -0.2) is 4.39 Å². The SMILES string of the molecule is O=S([O-])(=S)C(F)(F)C(F)C(F)(F)F. The van der Waals surface area contributed by atoms with Crippen LogP contribution in [0.15, 0.2) is 0 Å². The lowest BCUT2D eigenvalue weighted by Crippen LogP contribution is -2.46. The molecule has 0 heterocycles. The second-order valence-corrected chi connectivity index (χ2v) is 4.69. The number of alkyl halides is 6. The highest BCUT2D eigenvalue weighted by Crippen LogP contribution is 2.37. The molecule has 2 atom stereocenters. The van der Waals surface area contributed by atoms with Crippen LogP contribution >= 0.6 is 0 Å². The zero-order chi connectivity index (χ0) is 11.1. The zero-order valence-corrected chi connectivity index (χ0v) is 7.11. The molecular formula is C3HF6O2S2-. The standard InChI is InChI=1S/C3H2F6O2S2/c4-1(2(5,6)7)3(8,9)13(10,11)12/h1H,(H,10,11,12)/p-1. The average molecular weight is 247 g/mol. The predicted molar refractivity (Wildman–Crippen MR) is 32.2 cm³/mol. The van der Waals surface area contributed by atoms with Crippen LogP contribution in [-0.4, -0.2) is 26.4 Å². The first-order chi connectivity index (χ1) is 5.40. The van der Waals surface area contributed by atoms with Crippen molar-refractivity contribution in [3.8, 4) is 0 Å². The largest absolute Gasteiger partial charge is 0.765 e. The number of hydrogen-bond acceptors (Lipinski definition) is 3. The van der Waals surface area contributed by atoms with Crippen molar-refractivity contribution in [2.24, 2.45) is 0 Å². The molecule has 10 heteroatoms. The van der Waals surface area contributed by atoms with E-state index in [0.29, 0.717) is 0 Å². The van der Waals surface area contributed by atoms with Crippen LogP contribution in [-0.2, 0) is 20.0 Å². The van der Waals surface area contributed by atoms with Crippen molar-refractivity contribution >= 4 is 20.0 Å². The minimum atomic E-state index is -5.96. The Morgan fingerprint density at radius 1 is 1.23 bits per heavy atom. The molecule has 80 valence electrons. The summed E-state index contributed by atoms with van der Waals surface area (Å²) >= 11 is 3.05. The molecule has 0 bridgehead atoms. The van der Waals surface area contributed by atoms with Gasteiger partial charge in [0.25, 0.3) is 6.17 Å². The van der Waals surface area contributed by atoms with E-state index in [-0.39, 0.29) is 0 Å². The smallest absolute Gasteiger partial charge is 0.426 e. The molecular weight excluding hydrogens is 246 g/mol. The van der Waals surface area contributed by atoms with Crippen LogP contribution in [0.4, 0.5) is 26.3 Å². The summed E-state index contributed by atoms with van der Waals surface area (Å²) in [6.45, 7) is 0. The third-order valence-electron chi connectivity index (χ3n) is 0.916. The number of hydrogen-bond donors (Lipinski definition) is 0. The third-order valence-corrected chi connectivity index (χ3v) is 2.46. The molecule has 0 aromatic rings. The van der Waals surface area contributed by atoms with Crippen molar-refractivity contribution in [2.75, 3.05) is 0 Å². The van der Waals surface area contributed by atoms with Crippen molar-refractivity contribution in [3.05, 3.63) is 0 Å². The molecule has 0 aliphatic carbocycles. The van der Waals surface area contributed by atoms with Gasteiger partial charge in [0.05, 0.1) is 0 Å². The number of rotatable bonds is 2. The summed E-state index contributed by atoms with van der Waals surface area (Å²) in [4.78, 5) is 0. The molecule has 0 radical (unpaired) electrons. The average Bonchev–Trinajstić information content (AvgIpc) is 1.81. The van der Waals surface area contributed by atoms with Crippen molar-refractivity contribution in [2.45, 2.75) is 17.6 Å². The second kappa shape index (κ2) is 3.24. The number of halogens is 6. The molecule has 0 aliphatic heterocycles. The van der Waals surface area contributed by atoms with E-state index in [4.69, 9.17) is 0 Å². The lowest BCUT2D eigenvalue weighted by atomic mass is 10.4. The minimum absolute atomic E-state index is 3.05. The summed E-state index contributed by atoms with van der Waals surface area (Å²) in [7, 11) is -5.83. The van der Waals surface area contributed by atoms with Crippen molar-refractivity contribution in [3.63, 3.8) is 0 Å². The fourth-order valence-electron chi connectivity index (χ4n) is 0.317. The Balaban J connectivity index is 5.09. The first-order valence-corrected chi connectivity index (χ1v) is 4.85. The molecule has 0 aliphatic rings. The van der Waals surface area contributed by atoms with Gasteiger partial charge in [-0.2, -0.15) is 22.0 Å². The van der Waals surface area contributed by atoms with E-state index >= 15 is 0 Å². The Morgan fingerprint density at radius 2 is 1.54 bits per heavy atom. The quantitative estimate of drug-likeness (QED) is 0.691. The summed E-state index contributed by atoms with van der Waals surface area (Å²) in [6.07, 6.45) is -10.8. The van der Waals surface area contributed by atoms with Gasteiger partial charge in [0, 0.05) is 8.77 Å². The van der Waals surface area contributed by atoms with Crippen LogP contribution in [0.3, 0.4) is 0 Å². The molecule has 2 unspecified atom stereocenters. The second-order valence-electron chi connectivity index (χ2n) is 1.92. The van der Waals surface area contributed by atoms with E-state index in [1.807, 2.05) is 0 Å². The van der Waals surface area contributed by atoms with Crippen molar-refractivity contribution in [1.82, 2.24) is 0 Å². The normalized spacial score (nSPS) is 20.8. The Kier molecular flexibility index (Phi) is 3.22. The molecule has 0 saturated heterocycles. The Morgan fingerprint density at radius 3 is 1.62 bits per heavy atom. The fourth-order valence-corrected chi connectivity index (χ4v) is 0.958. The highest BCUT2D eigenvalue weighted by molar-refractivity contribution is 8.30. The highest BCUT2D eigenvalue weighted by Gasteiger charge is 2.59. The summed E-state index contributed by atoms with van der Waals surface area (Å²) in [6, 6.07) is 0. The molecule has 0 fully saturated rings. The maximum atomic E-state index is 12.0. The monoisotopic (exact) mass is 247 g/mol. The van der Waals surface area contributed by atoms with Crippen LogP contribution in [0.1, 0.15) is 0 Å². The van der Waals surface area contributed by atoms with Gasteiger partial charge in [-0.15, -0.1) is 0 Å². The Labute approximate surface area is 73.4 Å². The minimum Gasteiger partial charge on any atom is -0.765 e. The summed E-state index contributed by atoms with van der Waals surface area (Å²) < 4.78 is 89.6. The molecule has 0 aromatic carbocycles. The topological polar surface area (TPSA) is 40.1 Å². The maximum absolute atomic E-state index is 12.0. The lowest BCUT2D eigenvalue weighted by molar-refractivity contribution is -0.222. The Bertz CT molecular complexity index is 279. The fraction of sp³-hybridized carbons (Fsp3) is 1.00. The van der Waals surface area contributed by atoms with E-state index in [9.17, 15) is 35.1 Å². The van der Waals surface area contributed by atoms with Crippen molar-refractivity contribution in [1.29, 1.82) is 0 Å². The van der Waals surface area contributed by atoms with Gasteiger partial charge in [0.2, 0.25) is 0 Å². The summed E-state index contributed by atoms with van der Waals surface area (Å²) in [5, 5.41) is -5.62. The van der Waals surface area contributed by atoms with E-state index in [2.05, 4.69) is 11.2 Å². The Hall–Kier alpha value is -0.0900. The molecule has 0 spiro atoms. The molecule has 2 nitrogen and oxygen atoms in total. The molecule has 0 aromatic heterocycles. The predicted octanol–water partition coefficient (Wildman–Crippen LogP) is 1.36. The first-order valence-electron chi connectivity index (χ1n) is 2.44. The first kappa shape index (κ1) is 12.9. The van der Waals surface area contributed by atoms with E-state index in [0.717, 1.165) is 0 Å². The van der Waals surface area contributed by atoms with Gasteiger partial charge in [-0.05, 0) is 11.2 Å². The van der Waals surface area contributed by atoms with E-state index < -0.39 is 26.4 Å². The maximum Gasteiger partial charge on any atom is 0.426 e. The van der Waals surface area contributed by atoms with Crippen LogP contribution < -0.4 is 0 Å². The van der Waals surface area contributed by atoms with Crippen molar-refractivity contribution < 1.29 is 35.1 Å². The van der Waals surface area contributed by atoms with E-state index in [1.54, 1.807) is 0 Å². The van der Waals surface area contributed by atoms with Gasteiger partial charge >= 0.3 is 11.4 Å². The summed E-state index contributed by atoms with van der Waals surface area (Å²) in [5.41, 5.74) is 0.